The van der Waals surface area contributed by atoms with Crippen LogP contribution in [0.2, 0.25) is 0 Å². The molecule has 0 unspecified atom stereocenters. The van der Waals surface area contributed by atoms with Crippen molar-refractivity contribution in [2.45, 2.75) is 12.0 Å². The summed E-state index contributed by atoms with van der Waals surface area (Å²) in [6.45, 7) is 0. The van der Waals surface area contributed by atoms with Crippen LogP contribution in [0.25, 0.3) is 0 Å². The largest absolute Gasteiger partial charge is 0.467 e. The highest BCUT2D eigenvalue weighted by molar-refractivity contribution is 6.13. The van der Waals surface area contributed by atoms with Crippen LogP contribution in [-0.2, 0) is 28.6 Å². The third-order valence-corrected chi connectivity index (χ3v) is 2.67. The van der Waals surface area contributed by atoms with Crippen LogP contribution in [0.4, 0.5) is 4.79 Å². The van der Waals surface area contributed by atoms with Crippen molar-refractivity contribution in [2.24, 2.45) is 0 Å². The number of carbonyl (C=O) groups is 4. The zero-order chi connectivity index (χ0) is 14.6. The van der Waals surface area contributed by atoms with E-state index in [2.05, 4.69) is 14.2 Å². The number of ketones is 1. The SMILES string of the molecule is COC(=O)N1C=CC(=O)CC1(C(=O)OC)C(=O)OC. The maximum Gasteiger partial charge on any atom is 0.415 e. The van der Waals surface area contributed by atoms with Gasteiger partial charge in [-0.3, -0.25) is 9.69 Å². The number of hydrogen-bond acceptors (Lipinski definition) is 7. The van der Waals surface area contributed by atoms with Gasteiger partial charge >= 0.3 is 18.0 Å². The zero-order valence-electron chi connectivity index (χ0n) is 10.7. The van der Waals surface area contributed by atoms with E-state index < -0.39 is 35.8 Å². The lowest BCUT2D eigenvalue weighted by molar-refractivity contribution is -0.171. The fourth-order valence-corrected chi connectivity index (χ4v) is 1.76. The Morgan fingerprint density at radius 1 is 1.11 bits per heavy atom. The highest BCUT2D eigenvalue weighted by Crippen LogP contribution is 2.29. The summed E-state index contributed by atoms with van der Waals surface area (Å²) in [6.07, 6.45) is 0.490. The smallest absolute Gasteiger partial charge is 0.415 e. The molecule has 0 atom stereocenters. The molecule has 1 amide bonds. The summed E-state index contributed by atoms with van der Waals surface area (Å²) in [5.74, 6) is -2.68. The van der Waals surface area contributed by atoms with Crippen molar-refractivity contribution in [3.8, 4) is 0 Å². The molecule has 0 radical (unpaired) electrons. The van der Waals surface area contributed by atoms with Gasteiger partial charge in [0.15, 0.2) is 5.78 Å². The van der Waals surface area contributed by atoms with E-state index in [1.54, 1.807) is 0 Å². The van der Waals surface area contributed by atoms with E-state index >= 15 is 0 Å². The van der Waals surface area contributed by atoms with Crippen LogP contribution in [0, 0.1) is 0 Å². The molecule has 8 heteroatoms. The summed E-state index contributed by atoms with van der Waals surface area (Å²) >= 11 is 0. The Hall–Kier alpha value is -2.38. The Kier molecular flexibility index (Phi) is 4.26. The van der Waals surface area contributed by atoms with Crippen LogP contribution < -0.4 is 0 Å². The molecule has 1 aliphatic heterocycles. The lowest BCUT2D eigenvalue weighted by atomic mass is 9.88. The normalized spacial score (nSPS) is 16.8. The zero-order valence-corrected chi connectivity index (χ0v) is 10.7. The number of ether oxygens (including phenoxy) is 3. The number of nitrogens with zero attached hydrogens (tertiary/aromatic N) is 1. The topological polar surface area (TPSA) is 99.2 Å². The molecule has 0 saturated heterocycles. The first-order valence-corrected chi connectivity index (χ1v) is 5.19. The van der Waals surface area contributed by atoms with Gasteiger partial charge in [-0.25, -0.2) is 14.4 Å². The predicted octanol–water partition coefficient (Wildman–Crippen LogP) is -0.374. The number of amides is 1. The predicted molar refractivity (Wildman–Crippen MR) is 59.8 cm³/mol. The minimum absolute atomic E-state index is 0.518. The molecule has 0 aromatic rings. The van der Waals surface area contributed by atoms with Gasteiger partial charge in [-0.1, -0.05) is 0 Å². The summed E-state index contributed by atoms with van der Waals surface area (Å²) in [7, 11) is 3.14. The first-order valence-electron chi connectivity index (χ1n) is 5.19. The molecule has 0 fully saturated rings. The van der Waals surface area contributed by atoms with Gasteiger partial charge in [0.05, 0.1) is 27.8 Å². The molecule has 0 aromatic carbocycles. The third-order valence-electron chi connectivity index (χ3n) is 2.67. The number of esters is 2. The molecule has 1 heterocycles. The van der Waals surface area contributed by atoms with E-state index in [0.29, 0.717) is 4.90 Å². The van der Waals surface area contributed by atoms with Gasteiger partial charge in [0.2, 0.25) is 0 Å². The number of carbonyl (C=O) groups excluding carboxylic acids is 4. The van der Waals surface area contributed by atoms with E-state index in [1.165, 1.54) is 0 Å². The van der Waals surface area contributed by atoms with Crippen LogP contribution >= 0.6 is 0 Å². The second-order valence-corrected chi connectivity index (χ2v) is 3.64. The summed E-state index contributed by atoms with van der Waals surface area (Å²) in [4.78, 5) is 47.7. The molecule has 0 aromatic heterocycles. The van der Waals surface area contributed by atoms with Gasteiger partial charge in [0.1, 0.15) is 0 Å². The molecule has 0 spiro atoms. The molecular formula is C11H13NO7. The minimum atomic E-state index is -2.19. The maximum atomic E-state index is 11.9. The van der Waals surface area contributed by atoms with Gasteiger partial charge < -0.3 is 14.2 Å². The Morgan fingerprint density at radius 3 is 2.05 bits per heavy atom. The molecule has 0 aliphatic carbocycles. The molecule has 0 bridgehead atoms. The van der Waals surface area contributed by atoms with Crippen LogP contribution in [0.5, 0.6) is 0 Å². The van der Waals surface area contributed by atoms with Crippen molar-refractivity contribution >= 4 is 23.8 Å². The molecule has 1 rings (SSSR count). The fourth-order valence-electron chi connectivity index (χ4n) is 1.76. The molecule has 0 N–H and O–H groups in total. The molecule has 1 aliphatic rings. The standard InChI is InChI=1S/C11H13NO7/c1-17-8(14)11(9(15)18-2)6-7(13)4-5-12(11)10(16)19-3/h4-5H,6H2,1-3H3. The Morgan fingerprint density at radius 2 is 1.63 bits per heavy atom. The first kappa shape index (κ1) is 14.7. The van der Waals surface area contributed by atoms with E-state index in [0.717, 1.165) is 33.6 Å². The van der Waals surface area contributed by atoms with Crippen molar-refractivity contribution in [1.82, 2.24) is 4.90 Å². The number of rotatable bonds is 2. The third kappa shape index (κ3) is 2.28. The summed E-state index contributed by atoms with van der Waals surface area (Å²) in [5, 5.41) is 0. The summed E-state index contributed by atoms with van der Waals surface area (Å²) < 4.78 is 13.5. The Labute approximate surface area is 108 Å². The van der Waals surface area contributed by atoms with E-state index in [9.17, 15) is 19.2 Å². The van der Waals surface area contributed by atoms with Crippen LogP contribution in [0.1, 0.15) is 6.42 Å². The lowest BCUT2D eigenvalue weighted by Crippen LogP contribution is -2.63. The summed E-state index contributed by atoms with van der Waals surface area (Å²) in [5.41, 5.74) is -2.19. The van der Waals surface area contributed by atoms with Gasteiger partial charge in [0.25, 0.3) is 5.54 Å². The number of allylic oxidation sites excluding steroid dienone is 1. The van der Waals surface area contributed by atoms with Crippen LogP contribution in [0.15, 0.2) is 12.3 Å². The lowest BCUT2D eigenvalue weighted by Gasteiger charge is -2.37. The quantitative estimate of drug-likeness (QED) is 0.383. The number of hydrogen-bond donors (Lipinski definition) is 0. The minimum Gasteiger partial charge on any atom is -0.467 e. The average Bonchev–Trinajstić information content (AvgIpc) is 2.44. The second-order valence-electron chi connectivity index (χ2n) is 3.64. The van der Waals surface area contributed by atoms with Gasteiger partial charge in [0, 0.05) is 6.20 Å². The summed E-state index contributed by atoms with van der Waals surface area (Å²) in [6, 6.07) is 0. The van der Waals surface area contributed by atoms with Gasteiger partial charge in [-0.05, 0) is 6.08 Å². The van der Waals surface area contributed by atoms with Gasteiger partial charge in [-0.15, -0.1) is 0 Å². The fraction of sp³-hybridized carbons (Fsp3) is 0.455. The van der Waals surface area contributed by atoms with Crippen LogP contribution in [-0.4, -0.2) is 55.6 Å². The molecule has 19 heavy (non-hydrogen) atoms. The molecule has 104 valence electrons. The van der Waals surface area contributed by atoms with Crippen molar-refractivity contribution in [1.29, 1.82) is 0 Å². The monoisotopic (exact) mass is 271 g/mol. The van der Waals surface area contributed by atoms with Crippen molar-refractivity contribution in [3.63, 3.8) is 0 Å². The average molecular weight is 271 g/mol. The highest BCUT2D eigenvalue weighted by atomic mass is 16.6. The van der Waals surface area contributed by atoms with Crippen molar-refractivity contribution < 1.29 is 33.4 Å². The molecule has 0 saturated carbocycles. The second kappa shape index (κ2) is 5.51. The van der Waals surface area contributed by atoms with Crippen LogP contribution in [0.3, 0.4) is 0 Å². The Bertz CT molecular complexity index is 438. The van der Waals surface area contributed by atoms with Gasteiger partial charge in [-0.2, -0.15) is 0 Å². The van der Waals surface area contributed by atoms with Crippen molar-refractivity contribution in [2.75, 3.05) is 21.3 Å². The number of methoxy groups -OCH3 is 3. The highest BCUT2D eigenvalue weighted by Gasteiger charge is 2.58. The molecular weight excluding hydrogens is 258 g/mol. The first-order chi connectivity index (χ1) is 8.93. The van der Waals surface area contributed by atoms with Crippen molar-refractivity contribution in [3.05, 3.63) is 12.3 Å². The molecule has 8 nitrogen and oxygen atoms in total. The van der Waals surface area contributed by atoms with E-state index in [-0.39, 0.29) is 0 Å². The van der Waals surface area contributed by atoms with E-state index in [4.69, 9.17) is 0 Å². The van der Waals surface area contributed by atoms with E-state index in [1.807, 2.05) is 0 Å². The Balaban J connectivity index is 3.42. The maximum absolute atomic E-state index is 11.9.